The molecule has 0 radical (unpaired) electrons. The molecule has 1 fully saturated rings. The van der Waals surface area contributed by atoms with E-state index in [-0.39, 0.29) is 5.91 Å². The third kappa shape index (κ3) is 3.22. The van der Waals surface area contributed by atoms with Crippen molar-refractivity contribution in [2.45, 2.75) is 40.0 Å². The largest absolute Gasteiger partial charge is 0.271 e. The quantitative estimate of drug-likeness (QED) is 0.810. The number of hydrazone groups is 1. The smallest absolute Gasteiger partial charge is 0.267 e. The molecule has 1 saturated carbocycles. The van der Waals surface area contributed by atoms with Crippen molar-refractivity contribution < 1.29 is 4.79 Å². The molecule has 0 spiro atoms. The molecular formula is C16H22N2O. The van der Waals surface area contributed by atoms with Gasteiger partial charge in [0.2, 0.25) is 0 Å². The van der Waals surface area contributed by atoms with E-state index in [0.29, 0.717) is 17.4 Å². The van der Waals surface area contributed by atoms with Crippen molar-refractivity contribution >= 4 is 11.6 Å². The molecule has 2 atom stereocenters. The number of amides is 1. The molecule has 0 aromatic heterocycles. The predicted octanol–water partition coefficient (Wildman–Crippen LogP) is 3.54. The van der Waals surface area contributed by atoms with E-state index in [2.05, 4.69) is 24.4 Å². The second-order valence-corrected chi connectivity index (χ2v) is 5.53. The van der Waals surface area contributed by atoms with Crippen molar-refractivity contribution in [1.82, 2.24) is 5.43 Å². The second kappa shape index (κ2) is 6.00. The first kappa shape index (κ1) is 13.8. The van der Waals surface area contributed by atoms with Crippen LogP contribution in [0.25, 0.3) is 0 Å². The van der Waals surface area contributed by atoms with Crippen LogP contribution < -0.4 is 5.43 Å². The van der Waals surface area contributed by atoms with Gasteiger partial charge in [-0.25, -0.2) is 5.43 Å². The average Bonchev–Trinajstić information content (AvgIpc) is 2.38. The molecule has 1 aliphatic rings. The lowest BCUT2D eigenvalue weighted by Crippen LogP contribution is -2.29. The maximum absolute atomic E-state index is 12.1. The van der Waals surface area contributed by atoms with Gasteiger partial charge in [-0.2, -0.15) is 5.10 Å². The molecule has 1 aliphatic carbocycles. The monoisotopic (exact) mass is 258 g/mol. The number of nitrogens with zero attached hydrogens (tertiary/aromatic N) is 1. The summed E-state index contributed by atoms with van der Waals surface area (Å²) in [5.74, 6) is 0.831. The summed E-state index contributed by atoms with van der Waals surface area (Å²) in [4.78, 5) is 12.1. The minimum atomic E-state index is -0.115. The van der Waals surface area contributed by atoms with Gasteiger partial charge >= 0.3 is 0 Å². The molecule has 19 heavy (non-hydrogen) atoms. The van der Waals surface area contributed by atoms with E-state index in [1.807, 2.05) is 31.2 Å². The summed E-state index contributed by atoms with van der Waals surface area (Å²) in [6.45, 7) is 6.32. The standard InChI is InChI=1S/C16H22N2O/c1-11-7-4-5-10-14(11)16(19)18-17-15-12(2)8-6-9-13(15)3/h4-5,7,10,12-13H,6,8-9H2,1-3H3,(H,18,19)/t12-,13-/m0/s1. The molecule has 1 aromatic rings. The van der Waals surface area contributed by atoms with Crippen molar-refractivity contribution in [1.29, 1.82) is 0 Å². The second-order valence-electron chi connectivity index (χ2n) is 5.53. The zero-order valence-corrected chi connectivity index (χ0v) is 11.9. The number of nitrogens with one attached hydrogen (secondary N) is 1. The number of hydrogen-bond acceptors (Lipinski definition) is 2. The van der Waals surface area contributed by atoms with Crippen LogP contribution in [0.5, 0.6) is 0 Å². The highest BCUT2D eigenvalue weighted by atomic mass is 16.2. The van der Waals surface area contributed by atoms with Crippen LogP contribution in [0.2, 0.25) is 0 Å². The summed E-state index contributed by atoms with van der Waals surface area (Å²) in [6.07, 6.45) is 3.60. The van der Waals surface area contributed by atoms with Gasteiger partial charge in [-0.15, -0.1) is 0 Å². The van der Waals surface area contributed by atoms with Crippen LogP contribution in [0, 0.1) is 18.8 Å². The van der Waals surface area contributed by atoms with E-state index in [1.54, 1.807) is 0 Å². The number of rotatable bonds is 2. The van der Waals surface area contributed by atoms with Gasteiger partial charge in [0.05, 0.1) is 0 Å². The third-order valence-corrected chi connectivity index (χ3v) is 3.96. The number of hydrogen-bond donors (Lipinski definition) is 1. The first-order valence-electron chi connectivity index (χ1n) is 7.03. The van der Waals surface area contributed by atoms with Crippen molar-refractivity contribution in [2.75, 3.05) is 0 Å². The Morgan fingerprint density at radius 3 is 2.47 bits per heavy atom. The van der Waals surface area contributed by atoms with Gasteiger partial charge in [-0.3, -0.25) is 4.79 Å². The van der Waals surface area contributed by atoms with E-state index >= 15 is 0 Å². The Bertz CT molecular complexity index is 481. The topological polar surface area (TPSA) is 41.5 Å². The summed E-state index contributed by atoms with van der Waals surface area (Å²) in [7, 11) is 0. The van der Waals surface area contributed by atoms with Crippen LogP contribution in [0.1, 0.15) is 49.0 Å². The van der Waals surface area contributed by atoms with Crippen LogP contribution in [-0.4, -0.2) is 11.6 Å². The van der Waals surface area contributed by atoms with Crippen molar-refractivity contribution in [2.24, 2.45) is 16.9 Å². The van der Waals surface area contributed by atoms with E-state index in [1.165, 1.54) is 19.3 Å². The third-order valence-electron chi connectivity index (χ3n) is 3.96. The highest BCUT2D eigenvalue weighted by Gasteiger charge is 2.23. The SMILES string of the molecule is Cc1ccccc1C(=O)NN=C1[C@@H](C)CCC[C@@H]1C. The molecule has 2 rings (SSSR count). The number of benzene rings is 1. The molecule has 1 aromatic carbocycles. The normalized spacial score (nSPS) is 23.0. The summed E-state index contributed by atoms with van der Waals surface area (Å²) in [5, 5.41) is 4.38. The van der Waals surface area contributed by atoms with Crippen LogP contribution >= 0.6 is 0 Å². The maximum atomic E-state index is 12.1. The highest BCUT2D eigenvalue weighted by Crippen LogP contribution is 2.25. The van der Waals surface area contributed by atoms with Crippen molar-refractivity contribution in [3.8, 4) is 0 Å². The van der Waals surface area contributed by atoms with Crippen LogP contribution in [0.3, 0.4) is 0 Å². The fraction of sp³-hybridized carbons (Fsp3) is 0.500. The van der Waals surface area contributed by atoms with E-state index in [4.69, 9.17) is 0 Å². The Morgan fingerprint density at radius 1 is 1.21 bits per heavy atom. The molecule has 102 valence electrons. The molecular weight excluding hydrogens is 236 g/mol. The molecule has 1 amide bonds. The number of carbonyl (C=O) groups is 1. The summed E-state index contributed by atoms with van der Waals surface area (Å²) >= 11 is 0. The molecule has 3 heteroatoms. The Balaban J connectivity index is 2.09. The molecule has 0 saturated heterocycles. The lowest BCUT2D eigenvalue weighted by molar-refractivity contribution is 0.0953. The minimum Gasteiger partial charge on any atom is -0.267 e. The summed E-state index contributed by atoms with van der Waals surface area (Å²) in [6, 6.07) is 7.58. The Kier molecular flexibility index (Phi) is 4.35. The Morgan fingerprint density at radius 2 is 1.84 bits per heavy atom. The molecule has 1 N–H and O–H groups in total. The summed E-state index contributed by atoms with van der Waals surface area (Å²) in [5.41, 5.74) is 5.53. The van der Waals surface area contributed by atoms with Gasteiger partial charge in [0.15, 0.2) is 0 Å². The molecule has 3 nitrogen and oxygen atoms in total. The maximum Gasteiger partial charge on any atom is 0.271 e. The van der Waals surface area contributed by atoms with Gasteiger partial charge in [-0.1, -0.05) is 38.5 Å². The Labute approximate surface area is 115 Å². The van der Waals surface area contributed by atoms with Crippen LogP contribution in [0.4, 0.5) is 0 Å². The van der Waals surface area contributed by atoms with Gasteiger partial charge in [0.1, 0.15) is 0 Å². The Hall–Kier alpha value is -1.64. The zero-order chi connectivity index (χ0) is 13.8. The zero-order valence-electron chi connectivity index (χ0n) is 11.9. The summed E-state index contributed by atoms with van der Waals surface area (Å²) < 4.78 is 0. The predicted molar refractivity (Wildman–Crippen MR) is 78.3 cm³/mol. The van der Waals surface area contributed by atoms with Crippen molar-refractivity contribution in [3.05, 3.63) is 35.4 Å². The van der Waals surface area contributed by atoms with Gasteiger partial charge in [0.25, 0.3) is 5.91 Å². The van der Waals surface area contributed by atoms with Crippen LogP contribution in [0.15, 0.2) is 29.4 Å². The van der Waals surface area contributed by atoms with Gasteiger partial charge in [-0.05, 0) is 43.2 Å². The van der Waals surface area contributed by atoms with Gasteiger partial charge in [0, 0.05) is 11.3 Å². The lowest BCUT2D eigenvalue weighted by atomic mass is 9.81. The average molecular weight is 258 g/mol. The molecule has 0 bridgehead atoms. The lowest BCUT2D eigenvalue weighted by Gasteiger charge is -2.26. The van der Waals surface area contributed by atoms with E-state index in [0.717, 1.165) is 11.3 Å². The van der Waals surface area contributed by atoms with Gasteiger partial charge < -0.3 is 0 Å². The van der Waals surface area contributed by atoms with E-state index < -0.39 is 0 Å². The highest BCUT2D eigenvalue weighted by molar-refractivity contribution is 5.97. The van der Waals surface area contributed by atoms with E-state index in [9.17, 15) is 4.79 Å². The van der Waals surface area contributed by atoms with Crippen molar-refractivity contribution in [3.63, 3.8) is 0 Å². The number of carbonyl (C=O) groups excluding carboxylic acids is 1. The minimum absolute atomic E-state index is 0.115. The van der Waals surface area contributed by atoms with Crippen LogP contribution in [-0.2, 0) is 0 Å². The fourth-order valence-electron chi connectivity index (χ4n) is 2.74. The molecule has 0 heterocycles. The fourth-order valence-corrected chi connectivity index (χ4v) is 2.74. The molecule has 0 aliphatic heterocycles. The first-order valence-corrected chi connectivity index (χ1v) is 7.03. The first-order chi connectivity index (χ1) is 9.09. The molecule has 0 unspecified atom stereocenters. The number of aryl methyl sites for hydroxylation is 1.